The molecule has 0 saturated heterocycles. The Kier molecular flexibility index (Phi) is 4.92. The minimum Gasteiger partial charge on any atom is -0.454 e. The number of amides is 2. The zero-order valence-electron chi connectivity index (χ0n) is 15.4. The lowest BCUT2D eigenvalue weighted by molar-refractivity contribution is -0.122. The molecule has 28 heavy (non-hydrogen) atoms. The van der Waals surface area contributed by atoms with Crippen molar-refractivity contribution in [2.45, 2.75) is 37.5 Å². The molecule has 1 heterocycles. The lowest BCUT2D eigenvalue weighted by atomic mass is 9.68. The molecule has 0 bridgehead atoms. The van der Waals surface area contributed by atoms with Crippen molar-refractivity contribution in [3.8, 4) is 11.5 Å². The Hall–Kier alpha value is -3.06. The fourth-order valence-corrected chi connectivity index (χ4v) is 4.02. The number of rotatable bonds is 4. The van der Waals surface area contributed by atoms with E-state index in [2.05, 4.69) is 5.32 Å². The van der Waals surface area contributed by atoms with E-state index in [4.69, 9.17) is 14.7 Å². The highest BCUT2D eigenvalue weighted by Gasteiger charge is 2.42. The summed E-state index contributed by atoms with van der Waals surface area (Å²) in [5, 5.41) is 11.7. The van der Waals surface area contributed by atoms with Crippen LogP contribution in [-0.4, -0.2) is 23.8 Å². The third-order valence-corrected chi connectivity index (χ3v) is 5.57. The molecule has 2 aromatic carbocycles. The van der Waals surface area contributed by atoms with Crippen molar-refractivity contribution in [2.24, 2.45) is 0 Å². The van der Waals surface area contributed by atoms with Gasteiger partial charge in [0.05, 0.1) is 5.41 Å². The van der Waals surface area contributed by atoms with Gasteiger partial charge in [-0.15, -0.1) is 0 Å². The summed E-state index contributed by atoms with van der Waals surface area (Å²) in [7, 11) is 0. The Bertz CT molecular complexity index is 888. The highest BCUT2D eigenvalue weighted by Crippen LogP contribution is 2.44. The van der Waals surface area contributed by atoms with Crippen molar-refractivity contribution in [1.82, 2.24) is 5.48 Å². The predicted molar refractivity (Wildman–Crippen MR) is 102 cm³/mol. The first-order valence-corrected chi connectivity index (χ1v) is 9.38. The first-order chi connectivity index (χ1) is 13.6. The topological polar surface area (TPSA) is 96.9 Å². The van der Waals surface area contributed by atoms with E-state index < -0.39 is 11.3 Å². The fraction of sp³-hybridized carbons (Fsp3) is 0.333. The molecule has 2 aliphatic rings. The SMILES string of the molecule is O=C(NO)c1ccc(NC(=O)C2(c3ccc4c(c3)OCO4)CCCCC2)cc1. The Labute approximate surface area is 162 Å². The highest BCUT2D eigenvalue weighted by molar-refractivity contribution is 6.00. The third-order valence-electron chi connectivity index (χ3n) is 5.57. The summed E-state index contributed by atoms with van der Waals surface area (Å²) in [6, 6.07) is 12.1. The molecule has 4 rings (SSSR count). The molecular weight excluding hydrogens is 360 g/mol. The van der Waals surface area contributed by atoms with Crippen LogP contribution < -0.4 is 20.3 Å². The van der Waals surface area contributed by atoms with E-state index in [0.717, 1.165) is 37.7 Å². The second-order valence-corrected chi connectivity index (χ2v) is 7.18. The van der Waals surface area contributed by atoms with Gasteiger partial charge in [-0.1, -0.05) is 25.3 Å². The second kappa shape index (κ2) is 7.52. The number of fused-ring (bicyclic) bond motifs is 1. The number of carbonyl (C=O) groups is 2. The van der Waals surface area contributed by atoms with Crippen LogP contribution in [0.2, 0.25) is 0 Å². The summed E-state index contributed by atoms with van der Waals surface area (Å²) >= 11 is 0. The van der Waals surface area contributed by atoms with Gasteiger partial charge < -0.3 is 14.8 Å². The number of ether oxygens (including phenoxy) is 2. The zero-order valence-corrected chi connectivity index (χ0v) is 15.4. The molecule has 0 aromatic heterocycles. The van der Waals surface area contributed by atoms with Crippen molar-refractivity contribution < 1.29 is 24.3 Å². The third kappa shape index (κ3) is 3.29. The van der Waals surface area contributed by atoms with Crippen molar-refractivity contribution in [3.05, 3.63) is 53.6 Å². The van der Waals surface area contributed by atoms with Gasteiger partial charge in [-0.25, -0.2) is 5.48 Å². The molecule has 1 aliphatic heterocycles. The first kappa shape index (κ1) is 18.3. The minimum atomic E-state index is -0.625. The molecule has 0 radical (unpaired) electrons. The number of nitrogens with one attached hydrogen (secondary N) is 2. The van der Waals surface area contributed by atoms with E-state index in [-0.39, 0.29) is 12.7 Å². The van der Waals surface area contributed by atoms with Gasteiger partial charge in [0.2, 0.25) is 12.7 Å². The number of carbonyl (C=O) groups excluding carboxylic acids is 2. The Morgan fingerprint density at radius 2 is 1.64 bits per heavy atom. The summed E-state index contributed by atoms with van der Waals surface area (Å²) < 4.78 is 10.9. The average molecular weight is 382 g/mol. The van der Waals surface area contributed by atoms with Gasteiger partial charge >= 0.3 is 0 Å². The second-order valence-electron chi connectivity index (χ2n) is 7.18. The summed E-state index contributed by atoms with van der Waals surface area (Å²) in [5.74, 6) is 0.717. The fourth-order valence-electron chi connectivity index (χ4n) is 4.02. The maximum Gasteiger partial charge on any atom is 0.274 e. The molecule has 1 aliphatic carbocycles. The Morgan fingerprint density at radius 1 is 0.929 bits per heavy atom. The molecule has 146 valence electrons. The van der Waals surface area contributed by atoms with Crippen molar-refractivity contribution >= 4 is 17.5 Å². The molecule has 0 spiro atoms. The number of hydrogen-bond donors (Lipinski definition) is 3. The standard InChI is InChI=1S/C21H22N2O5/c24-19(23-26)14-4-7-16(8-5-14)22-20(25)21(10-2-1-3-11-21)15-6-9-17-18(12-15)28-13-27-17/h4-9,12,26H,1-3,10-11,13H2,(H,22,25)(H,23,24). The Morgan fingerprint density at radius 3 is 2.36 bits per heavy atom. The molecule has 7 heteroatoms. The van der Waals surface area contributed by atoms with Crippen LogP contribution in [-0.2, 0) is 10.2 Å². The van der Waals surface area contributed by atoms with Crippen molar-refractivity contribution in [3.63, 3.8) is 0 Å². The summed E-state index contributed by atoms with van der Waals surface area (Å²) in [5.41, 5.74) is 2.81. The van der Waals surface area contributed by atoms with Crippen molar-refractivity contribution in [1.29, 1.82) is 0 Å². The summed E-state index contributed by atoms with van der Waals surface area (Å²) in [6.07, 6.45) is 4.62. The predicted octanol–water partition coefficient (Wildman–Crippen LogP) is 3.37. The van der Waals surface area contributed by atoms with Crippen LogP contribution in [0.5, 0.6) is 11.5 Å². The minimum absolute atomic E-state index is 0.0644. The average Bonchev–Trinajstić information content (AvgIpc) is 3.22. The molecule has 7 nitrogen and oxygen atoms in total. The van der Waals surface area contributed by atoms with Gasteiger partial charge in [0.25, 0.3) is 5.91 Å². The van der Waals surface area contributed by atoms with Crippen LogP contribution in [0.4, 0.5) is 5.69 Å². The van der Waals surface area contributed by atoms with E-state index in [0.29, 0.717) is 22.7 Å². The van der Waals surface area contributed by atoms with Crippen LogP contribution in [0, 0.1) is 0 Å². The first-order valence-electron chi connectivity index (χ1n) is 9.38. The number of anilines is 1. The quantitative estimate of drug-likeness (QED) is 0.556. The van der Waals surface area contributed by atoms with Crippen LogP contribution in [0.25, 0.3) is 0 Å². The van der Waals surface area contributed by atoms with E-state index in [1.165, 1.54) is 0 Å². The highest BCUT2D eigenvalue weighted by atomic mass is 16.7. The molecule has 2 aromatic rings. The molecule has 0 atom stereocenters. The van der Waals surface area contributed by atoms with E-state index in [1.807, 2.05) is 18.2 Å². The molecule has 1 fully saturated rings. The maximum absolute atomic E-state index is 13.4. The van der Waals surface area contributed by atoms with E-state index >= 15 is 0 Å². The number of hydrogen-bond acceptors (Lipinski definition) is 5. The molecule has 3 N–H and O–H groups in total. The van der Waals surface area contributed by atoms with E-state index in [9.17, 15) is 9.59 Å². The van der Waals surface area contributed by atoms with Gasteiger partial charge in [-0.2, -0.15) is 0 Å². The number of hydroxylamine groups is 1. The summed E-state index contributed by atoms with van der Waals surface area (Å²) in [6.45, 7) is 0.200. The van der Waals surface area contributed by atoms with Gasteiger partial charge in [0.15, 0.2) is 11.5 Å². The van der Waals surface area contributed by atoms with Gasteiger partial charge in [0.1, 0.15) is 0 Å². The number of benzene rings is 2. The Balaban J connectivity index is 1.60. The van der Waals surface area contributed by atoms with Crippen LogP contribution in [0.15, 0.2) is 42.5 Å². The lowest BCUT2D eigenvalue weighted by Crippen LogP contribution is -2.42. The van der Waals surface area contributed by atoms with E-state index in [1.54, 1.807) is 29.7 Å². The molecule has 2 amide bonds. The molecular formula is C21H22N2O5. The van der Waals surface area contributed by atoms with Crippen LogP contribution in [0.3, 0.4) is 0 Å². The monoisotopic (exact) mass is 382 g/mol. The van der Waals surface area contributed by atoms with Crippen molar-refractivity contribution in [2.75, 3.05) is 12.1 Å². The smallest absolute Gasteiger partial charge is 0.274 e. The van der Waals surface area contributed by atoms with Crippen LogP contribution in [0.1, 0.15) is 48.0 Å². The largest absolute Gasteiger partial charge is 0.454 e. The van der Waals surface area contributed by atoms with Gasteiger partial charge in [0, 0.05) is 11.3 Å². The summed E-state index contributed by atoms with van der Waals surface area (Å²) in [4.78, 5) is 24.8. The van der Waals surface area contributed by atoms with Crippen LogP contribution >= 0.6 is 0 Å². The zero-order chi connectivity index (χ0) is 19.6. The van der Waals surface area contributed by atoms with Gasteiger partial charge in [-0.05, 0) is 54.8 Å². The lowest BCUT2D eigenvalue weighted by Gasteiger charge is -2.36. The molecule has 1 saturated carbocycles. The maximum atomic E-state index is 13.4. The normalized spacial score (nSPS) is 17.0. The molecule has 0 unspecified atom stereocenters. The van der Waals surface area contributed by atoms with Gasteiger partial charge in [-0.3, -0.25) is 14.8 Å².